The van der Waals surface area contributed by atoms with Gasteiger partial charge in [0.2, 0.25) is 0 Å². The van der Waals surface area contributed by atoms with Crippen molar-refractivity contribution in [2.45, 2.75) is 19.5 Å². The van der Waals surface area contributed by atoms with Crippen molar-refractivity contribution in [3.8, 4) is 5.75 Å². The lowest BCUT2D eigenvalue weighted by Crippen LogP contribution is -2.17. The summed E-state index contributed by atoms with van der Waals surface area (Å²) in [4.78, 5) is 13.4. The number of hydrogen-bond donors (Lipinski definition) is 2. The fraction of sp³-hybridized carbons (Fsp3) is 0.250. The van der Waals surface area contributed by atoms with Crippen molar-refractivity contribution in [2.75, 3.05) is 0 Å². The van der Waals surface area contributed by atoms with Crippen LogP contribution in [0, 0.1) is 0 Å². The van der Waals surface area contributed by atoms with Crippen LogP contribution in [0.3, 0.4) is 0 Å². The van der Waals surface area contributed by atoms with Crippen molar-refractivity contribution < 1.29 is 17.9 Å². The second kappa shape index (κ2) is 6.10. The van der Waals surface area contributed by atoms with Crippen molar-refractivity contribution in [3.63, 3.8) is 0 Å². The molecule has 0 saturated heterocycles. The van der Waals surface area contributed by atoms with Gasteiger partial charge in [-0.05, 0) is 17.7 Å². The minimum Gasteiger partial charge on any atom is -0.406 e. The minimum absolute atomic E-state index is 0.137. The highest BCUT2D eigenvalue weighted by Crippen LogP contribution is 2.23. The van der Waals surface area contributed by atoms with E-state index in [2.05, 4.69) is 15.0 Å². The van der Waals surface area contributed by atoms with E-state index in [0.29, 0.717) is 18.7 Å². The summed E-state index contributed by atoms with van der Waals surface area (Å²) < 4.78 is 40.1. The number of benzene rings is 1. The van der Waals surface area contributed by atoms with Gasteiger partial charge in [0.15, 0.2) is 0 Å². The molecule has 0 atom stereocenters. The Morgan fingerprint density at radius 1 is 1.30 bits per heavy atom. The number of rotatable bonds is 5. The van der Waals surface area contributed by atoms with E-state index >= 15 is 0 Å². The van der Waals surface area contributed by atoms with Gasteiger partial charge in [-0.3, -0.25) is 4.79 Å². The van der Waals surface area contributed by atoms with Gasteiger partial charge in [0, 0.05) is 24.2 Å². The molecule has 1 aromatic carbocycles. The second-order valence-electron chi connectivity index (χ2n) is 3.97. The Balaban J connectivity index is 1.89. The number of halogens is 3. The Morgan fingerprint density at radius 3 is 2.75 bits per heavy atom. The lowest BCUT2D eigenvalue weighted by atomic mass is 10.2. The van der Waals surface area contributed by atoms with Crippen molar-refractivity contribution in [3.05, 3.63) is 50.6 Å². The molecule has 2 rings (SSSR count). The Labute approximate surface area is 116 Å². The van der Waals surface area contributed by atoms with Gasteiger partial charge in [0.1, 0.15) is 5.75 Å². The van der Waals surface area contributed by atoms with Crippen LogP contribution in [0.1, 0.15) is 11.3 Å². The highest BCUT2D eigenvalue weighted by Gasteiger charge is 2.31. The molecule has 0 radical (unpaired) electrons. The molecule has 0 aliphatic carbocycles. The number of aromatic nitrogens is 1. The van der Waals surface area contributed by atoms with E-state index in [0.717, 1.165) is 17.0 Å². The number of H-pyrrole nitrogens is 1. The first-order chi connectivity index (χ1) is 9.42. The van der Waals surface area contributed by atoms with Crippen LogP contribution in [0.2, 0.25) is 0 Å². The molecule has 0 saturated carbocycles. The van der Waals surface area contributed by atoms with Gasteiger partial charge >= 0.3 is 11.2 Å². The molecule has 20 heavy (non-hydrogen) atoms. The normalized spacial score (nSPS) is 11.6. The minimum atomic E-state index is -4.69. The summed E-state index contributed by atoms with van der Waals surface area (Å²) in [5.74, 6) is -0.249. The second-order valence-corrected chi connectivity index (χ2v) is 4.81. The monoisotopic (exact) mass is 304 g/mol. The van der Waals surface area contributed by atoms with Crippen LogP contribution in [0.15, 0.2) is 34.4 Å². The third kappa shape index (κ3) is 4.71. The maximum atomic E-state index is 12.1. The number of thiazole rings is 1. The molecule has 4 nitrogen and oxygen atoms in total. The first-order valence-electron chi connectivity index (χ1n) is 5.64. The molecule has 2 N–H and O–H groups in total. The van der Waals surface area contributed by atoms with Crippen LogP contribution in [-0.2, 0) is 13.1 Å². The average Bonchev–Trinajstić information content (AvgIpc) is 2.73. The molecular weight excluding hydrogens is 293 g/mol. The van der Waals surface area contributed by atoms with Gasteiger partial charge in [-0.1, -0.05) is 23.5 Å². The fourth-order valence-corrected chi connectivity index (χ4v) is 2.18. The SMILES string of the molecule is O=c1[nH]c(CNCc2cccc(OC(F)(F)F)c2)cs1. The molecule has 0 unspecified atom stereocenters. The number of aromatic amines is 1. The molecule has 1 aromatic heterocycles. The van der Waals surface area contributed by atoms with Crippen molar-refractivity contribution in [1.29, 1.82) is 0 Å². The van der Waals surface area contributed by atoms with E-state index < -0.39 is 6.36 Å². The predicted molar refractivity (Wildman–Crippen MR) is 68.6 cm³/mol. The first kappa shape index (κ1) is 14.6. The lowest BCUT2D eigenvalue weighted by Gasteiger charge is -2.10. The summed E-state index contributed by atoms with van der Waals surface area (Å²) in [5, 5.41) is 4.71. The molecule has 8 heteroatoms. The Hall–Kier alpha value is -1.80. The number of hydrogen-bond acceptors (Lipinski definition) is 4. The third-order valence-electron chi connectivity index (χ3n) is 2.35. The number of alkyl halides is 3. The van der Waals surface area contributed by atoms with Crippen LogP contribution < -0.4 is 14.9 Å². The molecule has 0 amide bonds. The van der Waals surface area contributed by atoms with Crippen LogP contribution in [-0.4, -0.2) is 11.3 Å². The summed E-state index contributed by atoms with van der Waals surface area (Å²) in [6, 6.07) is 5.74. The van der Waals surface area contributed by atoms with E-state index in [1.165, 1.54) is 18.2 Å². The summed E-state index contributed by atoms with van der Waals surface area (Å²) in [6.45, 7) is 0.802. The topological polar surface area (TPSA) is 54.1 Å². The molecule has 0 fully saturated rings. The molecule has 2 aromatic rings. The quantitative estimate of drug-likeness (QED) is 0.893. The molecule has 0 spiro atoms. The van der Waals surface area contributed by atoms with Crippen LogP contribution in [0.5, 0.6) is 5.75 Å². The van der Waals surface area contributed by atoms with Gasteiger partial charge in [-0.15, -0.1) is 13.2 Å². The van der Waals surface area contributed by atoms with Gasteiger partial charge in [0.05, 0.1) is 0 Å². The van der Waals surface area contributed by atoms with Crippen molar-refractivity contribution >= 4 is 11.3 Å². The van der Waals surface area contributed by atoms with Crippen LogP contribution in [0.4, 0.5) is 13.2 Å². The zero-order chi connectivity index (χ0) is 14.6. The first-order valence-corrected chi connectivity index (χ1v) is 6.52. The maximum Gasteiger partial charge on any atom is 0.573 e. The average molecular weight is 304 g/mol. The lowest BCUT2D eigenvalue weighted by molar-refractivity contribution is -0.274. The summed E-state index contributed by atoms with van der Waals surface area (Å²) in [5.41, 5.74) is 1.40. The third-order valence-corrected chi connectivity index (χ3v) is 3.07. The molecule has 1 heterocycles. The molecular formula is C12H11F3N2O2S. The van der Waals surface area contributed by atoms with Gasteiger partial charge < -0.3 is 15.0 Å². The van der Waals surface area contributed by atoms with E-state index in [4.69, 9.17) is 0 Å². The predicted octanol–water partition coefficient (Wildman–Crippen LogP) is 2.62. The maximum absolute atomic E-state index is 12.1. The highest BCUT2D eigenvalue weighted by molar-refractivity contribution is 7.07. The molecule has 108 valence electrons. The summed E-state index contributed by atoms with van der Waals surface area (Å²) >= 11 is 1.06. The van der Waals surface area contributed by atoms with Crippen molar-refractivity contribution in [1.82, 2.24) is 10.3 Å². The van der Waals surface area contributed by atoms with Gasteiger partial charge in [-0.2, -0.15) is 0 Å². The largest absolute Gasteiger partial charge is 0.573 e. The summed E-state index contributed by atoms with van der Waals surface area (Å²) in [7, 11) is 0. The van der Waals surface area contributed by atoms with Crippen LogP contribution >= 0.6 is 11.3 Å². The Bertz CT molecular complexity index is 621. The zero-order valence-electron chi connectivity index (χ0n) is 10.2. The van der Waals surface area contributed by atoms with E-state index in [9.17, 15) is 18.0 Å². The van der Waals surface area contributed by atoms with Gasteiger partial charge in [0.25, 0.3) is 0 Å². The van der Waals surface area contributed by atoms with E-state index in [1.54, 1.807) is 11.4 Å². The number of nitrogens with one attached hydrogen (secondary N) is 2. The van der Waals surface area contributed by atoms with Crippen LogP contribution in [0.25, 0.3) is 0 Å². The van der Waals surface area contributed by atoms with Gasteiger partial charge in [-0.25, -0.2) is 0 Å². The van der Waals surface area contributed by atoms with E-state index in [1.807, 2.05) is 0 Å². The Kier molecular flexibility index (Phi) is 4.46. The standard InChI is InChI=1S/C12H11F3N2O2S/c13-12(14,15)19-10-3-1-2-8(4-10)5-16-6-9-7-20-11(18)17-9/h1-4,7,16H,5-6H2,(H,17,18). The molecule has 0 bridgehead atoms. The summed E-state index contributed by atoms with van der Waals surface area (Å²) in [6.07, 6.45) is -4.69. The fourth-order valence-electron chi connectivity index (χ4n) is 1.59. The number of ether oxygens (including phenoxy) is 1. The molecule has 0 aliphatic rings. The smallest absolute Gasteiger partial charge is 0.406 e. The van der Waals surface area contributed by atoms with Crippen molar-refractivity contribution in [2.24, 2.45) is 0 Å². The Morgan fingerprint density at radius 2 is 2.10 bits per heavy atom. The van der Waals surface area contributed by atoms with E-state index in [-0.39, 0.29) is 10.6 Å². The highest BCUT2D eigenvalue weighted by atomic mass is 32.1. The zero-order valence-corrected chi connectivity index (χ0v) is 11.0. The molecule has 0 aliphatic heterocycles.